The van der Waals surface area contributed by atoms with Crippen LogP contribution in [0.2, 0.25) is 0 Å². The van der Waals surface area contributed by atoms with Crippen LogP contribution < -0.4 is 4.90 Å². The summed E-state index contributed by atoms with van der Waals surface area (Å²) in [6.07, 6.45) is 4.75. The number of benzene rings is 2. The van der Waals surface area contributed by atoms with Crippen LogP contribution in [0.4, 0.5) is 5.13 Å². The first kappa shape index (κ1) is 24.0. The lowest BCUT2D eigenvalue weighted by molar-refractivity contribution is -0.118. The van der Waals surface area contributed by atoms with Gasteiger partial charge >= 0.3 is 0 Å². The summed E-state index contributed by atoms with van der Waals surface area (Å²) >= 11 is 1.48. The van der Waals surface area contributed by atoms with E-state index >= 15 is 0 Å². The van der Waals surface area contributed by atoms with Gasteiger partial charge in [-0.3, -0.25) is 14.7 Å². The van der Waals surface area contributed by atoms with Crippen molar-refractivity contribution in [1.29, 1.82) is 0 Å². The molecular formula is C26H27N3O3S2. The number of amides is 1. The third-order valence-electron chi connectivity index (χ3n) is 5.52. The van der Waals surface area contributed by atoms with Crippen molar-refractivity contribution in [2.45, 2.75) is 38.5 Å². The van der Waals surface area contributed by atoms with Crippen LogP contribution in [0.25, 0.3) is 10.2 Å². The number of sulfone groups is 1. The number of pyridine rings is 1. The Morgan fingerprint density at radius 3 is 2.53 bits per heavy atom. The molecule has 0 aliphatic carbocycles. The molecule has 34 heavy (non-hydrogen) atoms. The van der Waals surface area contributed by atoms with Crippen molar-refractivity contribution in [2.24, 2.45) is 0 Å². The van der Waals surface area contributed by atoms with Crippen LogP contribution in [0.5, 0.6) is 0 Å². The van der Waals surface area contributed by atoms with Gasteiger partial charge in [0.2, 0.25) is 5.91 Å². The average molecular weight is 494 g/mol. The highest BCUT2D eigenvalue weighted by molar-refractivity contribution is 7.90. The van der Waals surface area contributed by atoms with Gasteiger partial charge in [0.25, 0.3) is 0 Å². The lowest BCUT2D eigenvalue weighted by Crippen LogP contribution is -2.30. The molecule has 0 saturated heterocycles. The van der Waals surface area contributed by atoms with Crippen molar-refractivity contribution >= 4 is 42.4 Å². The number of rotatable bonds is 10. The fraction of sp³-hybridized carbons (Fsp3) is 0.269. The van der Waals surface area contributed by atoms with Crippen LogP contribution in [-0.4, -0.2) is 30.0 Å². The summed E-state index contributed by atoms with van der Waals surface area (Å²) in [6, 6.07) is 19.0. The zero-order chi connectivity index (χ0) is 24.0. The van der Waals surface area contributed by atoms with E-state index < -0.39 is 9.84 Å². The molecule has 2 aromatic carbocycles. The van der Waals surface area contributed by atoms with Crippen molar-refractivity contribution in [3.05, 3.63) is 89.7 Å². The van der Waals surface area contributed by atoms with E-state index in [1.54, 1.807) is 29.4 Å². The van der Waals surface area contributed by atoms with Crippen molar-refractivity contribution in [2.75, 3.05) is 10.7 Å². The molecule has 2 aromatic heterocycles. The number of thiazole rings is 1. The molecule has 4 aromatic rings. The number of hydrogen-bond donors (Lipinski definition) is 0. The number of aryl methyl sites for hydroxylation is 1. The number of carbonyl (C=O) groups excluding carboxylic acids is 1. The zero-order valence-electron chi connectivity index (χ0n) is 19.1. The highest BCUT2D eigenvalue weighted by Crippen LogP contribution is 2.31. The Kier molecular flexibility index (Phi) is 7.70. The molecule has 0 fully saturated rings. The molecule has 4 rings (SSSR count). The maximum atomic E-state index is 13.3. The SMILES string of the molecule is CCc1ccc2nc(N(Cc3cccnc3)C(=O)CCCS(=O)(=O)Cc3ccccc3)sc2c1. The van der Waals surface area contributed by atoms with Crippen LogP contribution in [0.15, 0.2) is 73.1 Å². The molecule has 0 N–H and O–H groups in total. The van der Waals surface area contributed by atoms with Crippen molar-refractivity contribution < 1.29 is 13.2 Å². The van der Waals surface area contributed by atoms with Crippen LogP contribution in [0.3, 0.4) is 0 Å². The quantitative estimate of drug-likeness (QED) is 0.304. The number of carbonyl (C=O) groups is 1. The van der Waals surface area contributed by atoms with E-state index in [0.717, 1.165) is 27.8 Å². The van der Waals surface area contributed by atoms with Crippen molar-refractivity contribution in [3.63, 3.8) is 0 Å². The number of nitrogens with zero attached hydrogens (tertiary/aromatic N) is 3. The number of fused-ring (bicyclic) bond motifs is 1. The lowest BCUT2D eigenvalue weighted by atomic mass is 10.2. The largest absolute Gasteiger partial charge is 0.284 e. The monoisotopic (exact) mass is 493 g/mol. The fourth-order valence-corrected chi connectivity index (χ4v) is 6.18. The summed E-state index contributed by atoms with van der Waals surface area (Å²) in [4.78, 5) is 23.8. The van der Waals surface area contributed by atoms with Crippen molar-refractivity contribution in [3.8, 4) is 0 Å². The Hall–Kier alpha value is -3.10. The second-order valence-electron chi connectivity index (χ2n) is 8.17. The molecule has 0 atom stereocenters. The summed E-state index contributed by atoms with van der Waals surface area (Å²) in [5.74, 6) is -0.193. The number of hydrogen-bond acceptors (Lipinski definition) is 6. The van der Waals surface area contributed by atoms with Gasteiger partial charge in [-0.25, -0.2) is 13.4 Å². The molecule has 0 unspecified atom stereocenters. The van der Waals surface area contributed by atoms with E-state index in [1.807, 2.05) is 36.4 Å². The minimum absolute atomic E-state index is 0.0148. The molecule has 1 amide bonds. The summed E-state index contributed by atoms with van der Waals surface area (Å²) in [5, 5.41) is 0.615. The van der Waals surface area contributed by atoms with Gasteiger partial charge in [-0.15, -0.1) is 0 Å². The van der Waals surface area contributed by atoms with Gasteiger partial charge < -0.3 is 0 Å². The van der Waals surface area contributed by atoms with Gasteiger partial charge in [-0.2, -0.15) is 0 Å². The van der Waals surface area contributed by atoms with E-state index in [4.69, 9.17) is 4.98 Å². The van der Waals surface area contributed by atoms with Gasteiger partial charge in [0, 0.05) is 18.8 Å². The Morgan fingerprint density at radius 1 is 1.00 bits per heavy atom. The Morgan fingerprint density at radius 2 is 1.79 bits per heavy atom. The average Bonchev–Trinajstić information content (AvgIpc) is 3.26. The third kappa shape index (κ3) is 6.27. The van der Waals surface area contributed by atoms with Gasteiger partial charge in [-0.1, -0.05) is 60.7 Å². The predicted molar refractivity (Wildman–Crippen MR) is 138 cm³/mol. The van der Waals surface area contributed by atoms with Crippen molar-refractivity contribution in [1.82, 2.24) is 9.97 Å². The molecule has 0 spiro atoms. The zero-order valence-corrected chi connectivity index (χ0v) is 20.7. The van der Waals surface area contributed by atoms with E-state index in [-0.39, 0.29) is 30.3 Å². The van der Waals surface area contributed by atoms with Gasteiger partial charge in [0.05, 0.1) is 28.3 Å². The first-order chi connectivity index (χ1) is 16.4. The fourth-order valence-electron chi connectivity index (χ4n) is 3.71. The Labute approximate surface area is 204 Å². The topological polar surface area (TPSA) is 80.2 Å². The molecule has 176 valence electrons. The van der Waals surface area contributed by atoms with E-state index in [1.165, 1.54) is 16.9 Å². The second-order valence-corrected chi connectivity index (χ2v) is 11.4. The molecule has 0 bridgehead atoms. The second kappa shape index (κ2) is 10.9. The Balaban J connectivity index is 1.49. The van der Waals surface area contributed by atoms with Crippen LogP contribution in [-0.2, 0) is 33.4 Å². The molecule has 0 radical (unpaired) electrons. The highest BCUT2D eigenvalue weighted by Gasteiger charge is 2.21. The molecule has 0 aliphatic rings. The van der Waals surface area contributed by atoms with Gasteiger partial charge in [-0.05, 0) is 47.7 Å². The molecule has 0 saturated carbocycles. The summed E-state index contributed by atoms with van der Waals surface area (Å²) in [6.45, 7) is 2.44. The minimum atomic E-state index is -3.30. The van der Waals surface area contributed by atoms with Crippen LogP contribution in [0, 0.1) is 0 Å². The highest BCUT2D eigenvalue weighted by atomic mass is 32.2. The molecule has 6 nitrogen and oxygen atoms in total. The first-order valence-electron chi connectivity index (χ1n) is 11.3. The van der Waals surface area contributed by atoms with E-state index in [2.05, 4.69) is 24.0 Å². The normalized spacial score (nSPS) is 11.6. The third-order valence-corrected chi connectivity index (χ3v) is 8.25. The lowest BCUT2D eigenvalue weighted by Gasteiger charge is -2.20. The maximum Gasteiger partial charge on any atom is 0.229 e. The number of aromatic nitrogens is 2. The molecule has 0 aliphatic heterocycles. The standard InChI is InChI=1S/C26H27N3O3S2/c1-2-20-12-13-23-24(16-20)33-26(28-23)29(18-22-10-6-14-27-17-22)25(30)11-7-15-34(31,32)19-21-8-4-3-5-9-21/h3-6,8-10,12-14,16-17H,2,7,11,15,18-19H2,1H3. The van der Waals surface area contributed by atoms with Gasteiger partial charge in [0.1, 0.15) is 0 Å². The molecular weight excluding hydrogens is 466 g/mol. The summed E-state index contributed by atoms with van der Waals surface area (Å²) < 4.78 is 26.1. The maximum absolute atomic E-state index is 13.3. The smallest absolute Gasteiger partial charge is 0.229 e. The molecule has 8 heteroatoms. The van der Waals surface area contributed by atoms with E-state index in [9.17, 15) is 13.2 Å². The summed E-state index contributed by atoms with van der Waals surface area (Å²) in [7, 11) is -3.30. The van der Waals surface area contributed by atoms with E-state index in [0.29, 0.717) is 11.7 Å². The van der Waals surface area contributed by atoms with Crippen LogP contribution >= 0.6 is 11.3 Å². The summed E-state index contributed by atoms with van der Waals surface area (Å²) in [5.41, 5.74) is 3.72. The number of anilines is 1. The first-order valence-corrected chi connectivity index (χ1v) is 13.9. The predicted octanol–water partition coefficient (Wildman–Crippen LogP) is 5.18. The minimum Gasteiger partial charge on any atom is -0.284 e. The van der Waals surface area contributed by atoms with Gasteiger partial charge in [0.15, 0.2) is 15.0 Å². The molecule has 2 heterocycles. The Bertz CT molecular complexity index is 1350. The van der Waals surface area contributed by atoms with Crippen LogP contribution in [0.1, 0.15) is 36.5 Å².